The van der Waals surface area contributed by atoms with Gasteiger partial charge in [-0.2, -0.15) is 6.42 Å². The number of carboxylic acids is 1. The van der Waals surface area contributed by atoms with E-state index in [2.05, 4.69) is 19.1 Å². The van der Waals surface area contributed by atoms with E-state index in [0.29, 0.717) is 6.42 Å². The normalized spacial score (nSPS) is 11.3. The van der Waals surface area contributed by atoms with Gasteiger partial charge in [0.1, 0.15) is 6.10 Å². The molecule has 5 heteroatoms. The Morgan fingerprint density at radius 2 is 1.27 bits per heavy atom. The summed E-state index contributed by atoms with van der Waals surface area (Å²) < 4.78 is 0. The molecular weight excluding hydrogens is 323 g/mol. The second-order valence-corrected chi connectivity index (χ2v) is 6.49. The summed E-state index contributed by atoms with van der Waals surface area (Å²) >= 11 is 0. The van der Waals surface area contributed by atoms with E-state index in [1.807, 2.05) is 6.29 Å². The molecule has 0 amide bonds. The van der Waals surface area contributed by atoms with Crippen LogP contribution in [0.25, 0.3) is 0 Å². The Kier molecular flexibility index (Phi) is 30.9. The fourth-order valence-corrected chi connectivity index (χ4v) is 2.27. The molecule has 0 spiro atoms. The fourth-order valence-electron chi connectivity index (χ4n) is 2.27. The third kappa shape index (κ3) is 31.2. The molecule has 0 aromatic rings. The van der Waals surface area contributed by atoms with Gasteiger partial charge in [-0.25, -0.2) is 4.79 Å². The van der Waals surface area contributed by atoms with Crippen LogP contribution in [-0.4, -0.2) is 28.6 Å². The maximum atomic E-state index is 10.0. The zero-order valence-corrected chi connectivity index (χ0v) is 17.3. The monoisotopic (exact) mass is 362 g/mol. The summed E-state index contributed by atoms with van der Waals surface area (Å²) in [6, 6.07) is 0. The molecular formula is C21H39LiO4. The Morgan fingerprint density at radius 1 is 0.885 bits per heavy atom. The van der Waals surface area contributed by atoms with Gasteiger partial charge >= 0.3 is 24.8 Å². The molecule has 4 nitrogen and oxygen atoms in total. The Bertz CT molecular complexity index is 317. The van der Waals surface area contributed by atoms with Crippen molar-refractivity contribution < 1.29 is 38.7 Å². The van der Waals surface area contributed by atoms with Crippen LogP contribution in [0.5, 0.6) is 0 Å². The maximum Gasteiger partial charge on any atom is 1.00 e. The molecule has 0 aliphatic rings. The number of allylic oxidation sites excluding steroid dienone is 2. The quantitative estimate of drug-likeness (QED) is 0.192. The van der Waals surface area contributed by atoms with Gasteiger partial charge in [-0.05, 0) is 32.6 Å². The molecule has 0 radical (unpaired) electrons. The molecule has 148 valence electrons. The van der Waals surface area contributed by atoms with Crippen molar-refractivity contribution >= 4 is 12.3 Å². The summed E-state index contributed by atoms with van der Waals surface area (Å²) in [5, 5.41) is 15.8. The van der Waals surface area contributed by atoms with Gasteiger partial charge in [0.25, 0.3) is 0 Å². The summed E-state index contributed by atoms with van der Waals surface area (Å²) in [5.41, 5.74) is 0. The topological polar surface area (TPSA) is 74.6 Å². The number of aliphatic carboxylic acids is 1. The molecule has 0 rings (SSSR count). The van der Waals surface area contributed by atoms with E-state index in [4.69, 9.17) is 10.2 Å². The van der Waals surface area contributed by atoms with Crippen LogP contribution in [-0.2, 0) is 9.59 Å². The number of carboxylic acid groups (broad SMARTS) is 1. The molecule has 0 aromatic carbocycles. The Balaban J connectivity index is -0.000000649. The third-order valence-corrected chi connectivity index (χ3v) is 3.90. The number of rotatable bonds is 16. The molecule has 2 N–H and O–H groups in total. The van der Waals surface area contributed by atoms with Gasteiger partial charge in [0, 0.05) is 0 Å². The smallest absolute Gasteiger partial charge is 0.542 e. The van der Waals surface area contributed by atoms with Crippen molar-refractivity contribution in [3.05, 3.63) is 12.2 Å². The number of hydrogen-bond donors (Lipinski definition) is 2. The molecule has 0 fully saturated rings. The van der Waals surface area contributed by atoms with Crippen LogP contribution in [0.3, 0.4) is 0 Å². The van der Waals surface area contributed by atoms with Crippen LogP contribution < -0.4 is 18.9 Å². The van der Waals surface area contributed by atoms with Gasteiger partial charge in [-0.3, -0.25) is 6.29 Å². The first-order chi connectivity index (χ1) is 12.1. The molecule has 0 aromatic heterocycles. The van der Waals surface area contributed by atoms with Crippen molar-refractivity contribution in [1.82, 2.24) is 0 Å². The van der Waals surface area contributed by atoms with Crippen molar-refractivity contribution in [2.45, 2.75) is 110 Å². The molecule has 0 bridgehead atoms. The predicted molar refractivity (Wildman–Crippen MR) is 104 cm³/mol. The minimum Gasteiger partial charge on any atom is -0.542 e. The number of carbonyl (C=O) groups is 1. The average molecular weight is 362 g/mol. The molecule has 0 aliphatic carbocycles. The average Bonchev–Trinajstić information content (AvgIpc) is 2.59. The third-order valence-electron chi connectivity index (χ3n) is 3.90. The Morgan fingerprint density at radius 3 is 1.65 bits per heavy atom. The summed E-state index contributed by atoms with van der Waals surface area (Å²) in [7, 11) is 0. The largest absolute Gasteiger partial charge is 1.00 e. The minimum absolute atomic E-state index is 0. The maximum absolute atomic E-state index is 10.0. The van der Waals surface area contributed by atoms with Gasteiger partial charge in [-0.15, -0.1) is 0 Å². The van der Waals surface area contributed by atoms with Crippen LogP contribution in [0.15, 0.2) is 12.2 Å². The number of unbranched alkanes of at least 4 members (excludes halogenated alkanes) is 12. The van der Waals surface area contributed by atoms with E-state index in [-0.39, 0.29) is 18.9 Å². The number of aliphatic hydroxyl groups is 1. The van der Waals surface area contributed by atoms with Crippen LogP contribution in [0.1, 0.15) is 104 Å². The molecule has 26 heavy (non-hydrogen) atoms. The molecule has 0 aliphatic heterocycles. The van der Waals surface area contributed by atoms with Crippen LogP contribution in [0.4, 0.5) is 0 Å². The first-order valence-corrected chi connectivity index (χ1v) is 9.97. The standard InChI is InChI=1S/C18H33O.C3H6O3.Li/c1-2-3-4-5-6-7-8-9-10-11-12-13-14-15-16-17-18-19;1-2(4)3(5)6;/h9-10H,2-8,11-17H2,1H3;2,4H,1H3,(H,5,6);/q-1;;+1/b10-9-;;. The van der Waals surface area contributed by atoms with Gasteiger partial charge < -0.3 is 15.0 Å². The van der Waals surface area contributed by atoms with Gasteiger partial charge in [0.05, 0.1) is 0 Å². The second kappa shape index (κ2) is 26.7. The summed E-state index contributed by atoms with van der Waals surface area (Å²) in [4.78, 5) is 19.5. The second-order valence-electron chi connectivity index (χ2n) is 6.49. The number of aliphatic hydroxyl groups excluding tert-OH is 1. The minimum atomic E-state index is -1.23. The van der Waals surface area contributed by atoms with E-state index in [9.17, 15) is 9.59 Å². The summed E-state index contributed by atoms with van der Waals surface area (Å²) in [6.45, 7) is 3.46. The summed E-state index contributed by atoms with van der Waals surface area (Å²) in [5.74, 6) is -1.19. The van der Waals surface area contributed by atoms with Crippen molar-refractivity contribution in [1.29, 1.82) is 0 Å². The van der Waals surface area contributed by atoms with Crippen molar-refractivity contribution in [2.75, 3.05) is 0 Å². The van der Waals surface area contributed by atoms with Crippen LogP contribution >= 0.6 is 0 Å². The van der Waals surface area contributed by atoms with Crippen LogP contribution in [0.2, 0.25) is 0 Å². The van der Waals surface area contributed by atoms with E-state index >= 15 is 0 Å². The first-order valence-electron chi connectivity index (χ1n) is 9.97. The first kappa shape index (κ1) is 30.2. The summed E-state index contributed by atoms with van der Waals surface area (Å²) in [6.07, 6.45) is 23.0. The van der Waals surface area contributed by atoms with E-state index in [1.165, 1.54) is 84.0 Å². The zero-order chi connectivity index (χ0) is 19.2. The van der Waals surface area contributed by atoms with Gasteiger partial charge in [0.2, 0.25) is 0 Å². The van der Waals surface area contributed by atoms with Crippen LogP contribution in [0, 0.1) is 0 Å². The van der Waals surface area contributed by atoms with Crippen molar-refractivity contribution in [3.63, 3.8) is 0 Å². The Hall–Kier alpha value is -0.563. The molecule has 0 saturated heterocycles. The molecule has 0 saturated carbocycles. The van der Waals surface area contributed by atoms with E-state index in [1.54, 1.807) is 0 Å². The SMILES string of the molecule is CC(O)C(=O)O.CCCCCCCC/C=C\CCCCCCC[C-]=O.[Li+]. The van der Waals surface area contributed by atoms with Gasteiger partial charge in [-0.1, -0.05) is 76.9 Å². The zero-order valence-electron chi connectivity index (χ0n) is 17.3. The van der Waals surface area contributed by atoms with Gasteiger partial charge in [0.15, 0.2) is 0 Å². The van der Waals surface area contributed by atoms with E-state index < -0.39 is 12.1 Å². The van der Waals surface area contributed by atoms with Crippen molar-refractivity contribution in [2.24, 2.45) is 0 Å². The molecule has 0 heterocycles. The number of carbonyl (C=O) groups excluding carboxylic acids is 1. The Labute approximate surface area is 173 Å². The van der Waals surface area contributed by atoms with Crippen molar-refractivity contribution in [3.8, 4) is 0 Å². The fraction of sp³-hybridized carbons (Fsp3) is 0.810. The molecule has 1 unspecified atom stereocenters. The molecule has 1 atom stereocenters. The predicted octanol–water partition coefficient (Wildman–Crippen LogP) is 2.59. The van der Waals surface area contributed by atoms with E-state index in [0.717, 1.165) is 6.42 Å². The number of hydrogen-bond acceptors (Lipinski definition) is 3.